The topological polar surface area (TPSA) is 22.0 Å². The molecule has 0 amide bonds. The average molecular weight is 277 g/mol. The fourth-order valence-electron chi connectivity index (χ4n) is 2.68. The molecule has 0 spiro atoms. The highest BCUT2D eigenvalue weighted by molar-refractivity contribution is 5.81. The first kappa shape index (κ1) is 13.6. The highest BCUT2D eigenvalue weighted by Gasteiger charge is 2.21. The molecule has 0 saturated carbocycles. The van der Waals surface area contributed by atoms with Crippen LogP contribution in [0.25, 0.3) is 16.6 Å². The van der Waals surface area contributed by atoms with E-state index < -0.39 is 0 Å². The lowest BCUT2D eigenvalue weighted by atomic mass is 9.90. The molecule has 0 aliphatic rings. The molecule has 106 valence electrons. The van der Waals surface area contributed by atoms with Crippen molar-refractivity contribution in [1.82, 2.24) is 4.57 Å². The Hall–Kier alpha value is -2.35. The molecule has 0 aliphatic heterocycles. The van der Waals surface area contributed by atoms with Crippen molar-refractivity contribution >= 4 is 10.9 Å². The Bertz CT molecular complexity index is 839. The van der Waals surface area contributed by atoms with Gasteiger partial charge in [0.25, 0.3) is 0 Å². The molecule has 0 bridgehead atoms. The summed E-state index contributed by atoms with van der Waals surface area (Å²) in [5, 5.41) is 0.759. The second kappa shape index (κ2) is 4.88. The molecule has 3 aromatic rings. The molecule has 0 aliphatic carbocycles. The van der Waals surface area contributed by atoms with Crippen LogP contribution in [0.15, 0.2) is 65.5 Å². The molecule has 21 heavy (non-hydrogen) atoms. The fraction of sp³-hybridized carbons (Fsp3) is 0.211. The summed E-state index contributed by atoms with van der Waals surface area (Å²) in [5.41, 5.74) is 3.04. The van der Waals surface area contributed by atoms with Gasteiger partial charge < -0.3 is 4.57 Å². The molecular weight excluding hydrogens is 258 g/mol. The maximum absolute atomic E-state index is 12.4. The van der Waals surface area contributed by atoms with E-state index in [9.17, 15) is 4.79 Å². The van der Waals surface area contributed by atoms with Crippen LogP contribution in [0.1, 0.15) is 26.5 Å². The van der Waals surface area contributed by atoms with Gasteiger partial charge in [0.15, 0.2) is 5.43 Å². The van der Waals surface area contributed by atoms with Crippen LogP contribution >= 0.6 is 0 Å². The summed E-state index contributed by atoms with van der Waals surface area (Å²) in [6.07, 6.45) is 0. The number of para-hydroxylation sites is 2. The first-order chi connectivity index (χ1) is 9.98. The molecule has 2 nitrogen and oxygen atoms in total. The number of nitrogens with zero attached hydrogens (tertiary/aromatic N) is 1. The van der Waals surface area contributed by atoms with Gasteiger partial charge in [-0.3, -0.25) is 4.79 Å². The minimum atomic E-state index is -0.112. The smallest absolute Gasteiger partial charge is 0.189 e. The highest BCUT2D eigenvalue weighted by Crippen LogP contribution is 2.27. The van der Waals surface area contributed by atoms with Crippen molar-refractivity contribution in [2.75, 3.05) is 0 Å². The Morgan fingerprint density at radius 1 is 0.857 bits per heavy atom. The Morgan fingerprint density at radius 3 is 2.14 bits per heavy atom. The summed E-state index contributed by atoms with van der Waals surface area (Å²) in [6, 6.07) is 19.8. The van der Waals surface area contributed by atoms with Crippen LogP contribution in [-0.2, 0) is 5.41 Å². The average Bonchev–Trinajstić information content (AvgIpc) is 2.47. The minimum Gasteiger partial charge on any atom is -0.313 e. The zero-order chi connectivity index (χ0) is 15.0. The van der Waals surface area contributed by atoms with Crippen LogP contribution in [0.5, 0.6) is 0 Å². The molecule has 0 saturated heterocycles. The lowest BCUT2D eigenvalue weighted by Crippen LogP contribution is -2.23. The van der Waals surface area contributed by atoms with Crippen LogP contribution in [0, 0.1) is 0 Å². The maximum Gasteiger partial charge on any atom is 0.189 e. The molecule has 0 fully saturated rings. The van der Waals surface area contributed by atoms with Gasteiger partial charge in [0.2, 0.25) is 0 Å². The molecule has 0 radical (unpaired) electrons. The quantitative estimate of drug-likeness (QED) is 0.650. The van der Waals surface area contributed by atoms with Crippen molar-refractivity contribution in [3.63, 3.8) is 0 Å². The summed E-state index contributed by atoms with van der Waals surface area (Å²) in [5.74, 6) is 0. The summed E-state index contributed by atoms with van der Waals surface area (Å²) in [7, 11) is 0. The van der Waals surface area contributed by atoms with Crippen LogP contribution in [0.4, 0.5) is 0 Å². The van der Waals surface area contributed by atoms with Gasteiger partial charge in [-0.2, -0.15) is 0 Å². The maximum atomic E-state index is 12.4. The van der Waals surface area contributed by atoms with Crippen molar-refractivity contribution in [2.24, 2.45) is 0 Å². The standard InChI is InChI=1S/C19H19NO/c1-19(2,3)18-13-17(21)15-11-7-8-12-16(15)20(18)14-9-5-4-6-10-14/h4-13H,1-3H3. The minimum absolute atomic E-state index is 0.0858. The van der Waals surface area contributed by atoms with E-state index in [0.29, 0.717) is 0 Å². The zero-order valence-electron chi connectivity index (χ0n) is 12.6. The van der Waals surface area contributed by atoms with Crippen molar-refractivity contribution in [2.45, 2.75) is 26.2 Å². The lowest BCUT2D eigenvalue weighted by Gasteiger charge is -2.26. The number of hydrogen-bond acceptors (Lipinski definition) is 1. The molecule has 0 atom stereocenters. The van der Waals surface area contributed by atoms with Crippen molar-refractivity contribution in [3.05, 3.63) is 76.6 Å². The van der Waals surface area contributed by atoms with Gasteiger partial charge in [-0.15, -0.1) is 0 Å². The normalized spacial score (nSPS) is 11.8. The van der Waals surface area contributed by atoms with Gasteiger partial charge in [0.05, 0.1) is 5.52 Å². The molecule has 2 aromatic carbocycles. The van der Waals surface area contributed by atoms with E-state index in [-0.39, 0.29) is 10.8 Å². The van der Waals surface area contributed by atoms with E-state index in [2.05, 4.69) is 37.5 Å². The number of hydrogen-bond donors (Lipinski definition) is 0. The Morgan fingerprint density at radius 2 is 1.48 bits per heavy atom. The van der Waals surface area contributed by atoms with Crippen LogP contribution in [0.3, 0.4) is 0 Å². The molecule has 2 heteroatoms. The Balaban J connectivity index is 2.50. The molecule has 1 aromatic heterocycles. The van der Waals surface area contributed by atoms with Gasteiger partial charge in [-0.25, -0.2) is 0 Å². The third-order valence-corrected chi connectivity index (χ3v) is 3.70. The number of fused-ring (bicyclic) bond motifs is 1. The molecular formula is C19H19NO. The summed E-state index contributed by atoms with van der Waals surface area (Å²) in [4.78, 5) is 12.4. The van der Waals surface area contributed by atoms with Gasteiger partial charge in [0, 0.05) is 28.2 Å². The summed E-state index contributed by atoms with van der Waals surface area (Å²) in [6.45, 7) is 6.40. The van der Waals surface area contributed by atoms with Gasteiger partial charge in [0.1, 0.15) is 0 Å². The number of rotatable bonds is 1. The van der Waals surface area contributed by atoms with Crippen molar-refractivity contribution in [3.8, 4) is 5.69 Å². The SMILES string of the molecule is CC(C)(C)c1cc(=O)c2ccccc2n1-c1ccccc1. The van der Waals surface area contributed by atoms with Crippen LogP contribution in [-0.4, -0.2) is 4.57 Å². The van der Waals surface area contributed by atoms with Crippen LogP contribution < -0.4 is 5.43 Å². The predicted octanol–water partition coefficient (Wildman–Crippen LogP) is 4.29. The van der Waals surface area contributed by atoms with Crippen molar-refractivity contribution < 1.29 is 0 Å². The molecule has 3 rings (SSSR count). The highest BCUT2D eigenvalue weighted by atomic mass is 16.1. The first-order valence-corrected chi connectivity index (χ1v) is 7.19. The Kier molecular flexibility index (Phi) is 3.17. The van der Waals surface area contributed by atoms with Gasteiger partial charge in [-0.1, -0.05) is 51.1 Å². The third-order valence-electron chi connectivity index (χ3n) is 3.70. The number of benzene rings is 2. The number of pyridine rings is 1. The monoisotopic (exact) mass is 277 g/mol. The molecule has 0 N–H and O–H groups in total. The zero-order valence-corrected chi connectivity index (χ0v) is 12.6. The van der Waals surface area contributed by atoms with Crippen molar-refractivity contribution in [1.29, 1.82) is 0 Å². The van der Waals surface area contributed by atoms with E-state index >= 15 is 0 Å². The largest absolute Gasteiger partial charge is 0.313 e. The summed E-state index contributed by atoms with van der Waals surface area (Å²) < 4.78 is 2.19. The van der Waals surface area contributed by atoms with E-state index in [1.54, 1.807) is 6.07 Å². The van der Waals surface area contributed by atoms with E-state index in [0.717, 1.165) is 22.3 Å². The number of aromatic nitrogens is 1. The second-order valence-electron chi connectivity index (χ2n) is 6.33. The van der Waals surface area contributed by atoms with Gasteiger partial charge >= 0.3 is 0 Å². The van der Waals surface area contributed by atoms with E-state index in [1.807, 2.05) is 42.5 Å². The van der Waals surface area contributed by atoms with E-state index in [4.69, 9.17) is 0 Å². The molecule has 0 unspecified atom stereocenters. The molecule has 1 heterocycles. The predicted molar refractivity (Wildman–Crippen MR) is 88.2 cm³/mol. The van der Waals surface area contributed by atoms with E-state index in [1.165, 1.54) is 0 Å². The lowest BCUT2D eigenvalue weighted by molar-refractivity contribution is 0.555. The first-order valence-electron chi connectivity index (χ1n) is 7.19. The fourth-order valence-corrected chi connectivity index (χ4v) is 2.68. The van der Waals surface area contributed by atoms with Gasteiger partial charge in [-0.05, 0) is 24.3 Å². The Labute approximate surface area is 124 Å². The summed E-state index contributed by atoms with van der Waals surface area (Å²) >= 11 is 0. The van der Waals surface area contributed by atoms with Crippen LogP contribution in [0.2, 0.25) is 0 Å². The second-order valence-corrected chi connectivity index (χ2v) is 6.33. The third kappa shape index (κ3) is 2.38.